The number of rotatable bonds is 5. The summed E-state index contributed by atoms with van der Waals surface area (Å²) in [5.41, 5.74) is 1.14. The second-order valence-corrected chi connectivity index (χ2v) is 5.06. The number of hydrogen-bond acceptors (Lipinski definition) is 3. The zero-order chi connectivity index (χ0) is 12.8. The Balaban J connectivity index is 1.91. The molecule has 1 aromatic carbocycles. The summed E-state index contributed by atoms with van der Waals surface area (Å²) in [5.74, 6) is 0.740. The highest BCUT2D eigenvalue weighted by molar-refractivity contribution is 5.25. The van der Waals surface area contributed by atoms with Crippen molar-refractivity contribution in [1.29, 1.82) is 5.26 Å². The number of hydrogen-bond donors (Lipinski definition) is 1. The van der Waals surface area contributed by atoms with Gasteiger partial charge in [0.05, 0.1) is 12.0 Å². The van der Waals surface area contributed by atoms with E-state index in [-0.39, 0.29) is 5.92 Å². The predicted octanol–water partition coefficient (Wildman–Crippen LogP) is 1.84. The average Bonchev–Trinajstić information content (AvgIpc) is 2.85. The lowest BCUT2D eigenvalue weighted by atomic mass is 10.0. The maximum absolute atomic E-state index is 9.32. The fourth-order valence-electron chi connectivity index (χ4n) is 2.70. The molecule has 1 aromatic rings. The van der Waals surface area contributed by atoms with Gasteiger partial charge in [-0.25, -0.2) is 0 Å². The first kappa shape index (κ1) is 13.1. The molecule has 1 saturated heterocycles. The Morgan fingerprint density at radius 1 is 1.44 bits per heavy atom. The van der Waals surface area contributed by atoms with E-state index in [0.29, 0.717) is 0 Å². The first-order valence-corrected chi connectivity index (χ1v) is 6.65. The van der Waals surface area contributed by atoms with Crippen molar-refractivity contribution in [3.63, 3.8) is 0 Å². The number of benzene rings is 1. The van der Waals surface area contributed by atoms with Crippen LogP contribution in [-0.2, 0) is 0 Å². The van der Waals surface area contributed by atoms with Gasteiger partial charge >= 0.3 is 0 Å². The Labute approximate surface area is 109 Å². The first-order chi connectivity index (χ1) is 8.83. The van der Waals surface area contributed by atoms with Crippen molar-refractivity contribution in [3.05, 3.63) is 35.9 Å². The Morgan fingerprint density at radius 3 is 2.89 bits per heavy atom. The van der Waals surface area contributed by atoms with Crippen molar-refractivity contribution in [2.75, 3.05) is 33.2 Å². The molecule has 0 aromatic heterocycles. The van der Waals surface area contributed by atoms with E-state index in [1.165, 1.54) is 6.42 Å². The Morgan fingerprint density at radius 2 is 2.22 bits per heavy atom. The zero-order valence-corrected chi connectivity index (χ0v) is 11.0. The maximum Gasteiger partial charge on any atom is 0.0839 e. The molecule has 18 heavy (non-hydrogen) atoms. The SMILES string of the molecule is CNCC1CCN(CC(C#N)c2ccccc2)C1. The quantitative estimate of drug-likeness (QED) is 0.857. The third-order valence-electron chi connectivity index (χ3n) is 3.66. The van der Waals surface area contributed by atoms with Crippen molar-refractivity contribution >= 4 is 0 Å². The van der Waals surface area contributed by atoms with Gasteiger partial charge in [-0.2, -0.15) is 5.26 Å². The van der Waals surface area contributed by atoms with Crippen LogP contribution in [0.15, 0.2) is 30.3 Å². The molecule has 1 heterocycles. The molecule has 0 radical (unpaired) electrons. The number of nitrogens with zero attached hydrogens (tertiary/aromatic N) is 2. The van der Waals surface area contributed by atoms with Crippen LogP contribution in [0.2, 0.25) is 0 Å². The molecule has 1 aliphatic rings. The molecule has 1 aliphatic heterocycles. The van der Waals surface area contributed by atoms with E-state index in [1.54, 1.807) is 0 Å². The summed E-state index contributed by atoms with van der Waals surface area (Å²) < 4.78 is 0. The molecule has 1 N–H and O–H groups in total. The normalized spacial score (nSPS) is 21.7. The summed E-state index contributed by atoms with van der Waals surface area (Å²) in [6.07, 6.45) is 1.24. The largest absolute Gasteiger partial charge is 0.319 e. The third-order valence-corrected chi connectivity index (χ3v) is 3.66. The highest BCUT2D eigenvalue weighted by Crippen LogP contribution is 2.21. The lowest BCUT2D eigenvalue weighted by molar-refractivity contribution is 0.317. The molecule has 2 rings (SSSR count). The fourth-order valence-corrected chi connectivity index (χ4v) is 2.70. The monoisotopic (exact) mass is 243 g/mol. The molecule has 0 bridgehead atoms. The molecular formula is C15H21N3. The van der Waals surface area contributed by atoms with Crippen LogP contribution in [0.1, 0.15) is 17.9 Å². The molecule has 2 unspecified atom stereocenters. The first-order valence-electron chi connectivity index (χ1n) is 6.65. The van der Waals surface area contributed by atoms with Crippen molar-refractivity contribution < 1.29 is 0 Å². The molecule has 0 amide bonds. The van der Waals surface area contributed by atoms with E-state index in [9.17, 15) is 5.26 Å². The molecule has 96 valence electrons. The second kappa shape index (κ2) is 6.53. The number of nitrogens with one attached hydrogen (secondary N) is 1. The lowest BCUT2D eigenvalue weighted by Gasteiger charge is -2.19. The van der Waals surface area contributed by atoms with Crippen LogP contribution < -0.4 is 5.32 Å². The van der Waals surface area contributed by atoms with Crippen LogP contribution >= 0.6 is 0 Å². The minimum atomic E-state index is -0.000430. The average molecular weight is 243 g/mol. The fraction of sp³-hybridized carbons (Fsp3) is 0.533. The summed E-state index contributed by atoms with van der Waals surface area (Å²) >= 11 is 0. The van der Waals surface area contributed by atoms with Gasteiger partial charge < -0.3 is 10.2 Å². The van der Waals surface area contributed by atoms with Crippen LogP contribution in [0.4, 0.5) is 0 Å². The highest BCUT2D eigenvalue weighted by atomic mass is 15.1. The smallest absolute Gasteiger partial charge is 0.0839 e. The van der Waals surface area contributed by atoms with Crippen molar-refractivity contribution in [1.82, 2.24) is 10.2 Å². The molecular weight excluding hydrogens is 222 g/mol. The van der Waals surface area contributed by atoms with Crippen LogP contribution in [-0.4, -0.2) is 38.1 Å². The van der Waals surface area contributed by atoms with Crippen LogP contribution in [0.5, 0.6) is 0 Å². The van der Waals surface area contributed by atoms with Gasteiger partial charge in [-0.3, -0.25) is 0 Å². The minimum Gasteiger partial charge on any atom is -0.319 e. The van der Waals surface area contributed by atoms with E-state index < -0.39 is 0 Å². The standard InChI is InChI=1S/C15H21N3/c1-17-10-13-7-8-18(11-13)12-15(9-16)14-5-3-2-4-6-14/h2-6,13,15,17H,7-8,10-12H2,1H3. The van der Waals surface area contributed by atoms with E-state index in [4.69, 9.17) is 0 Å². The highest BCUT2D eigenvalue weighted by Gasteiger charge is 2.24. The summed E-state index contributed by atoms with van der Waals surface area (Å²) in [6.45, 7) is 4.18. The molecule has 1 fully saturated rings. The zero-order valence-electron chi connectivity index (χ0n) is 11.0. The second-order valence-electron chi connectivity index (χ2n) is 5.06. The Bertz CT molecular complexity index is 396. The molecule has 3 heteroatoms. The van der Waals surface area contributed by atoms with Crippen molar-refractivity contribution in [3.8, 4) is 6.07 Å². The van der Waals surface area contributed by atoms with Gasteiger partial charge in [-0.15, -0.1) is 0 Å². The van der Waals surface area contributed by atoms with E-state index in [1.807, 2.05) is 25.2 Å². The minimum absolute atomic E-state index is 0.000430. The van der Waals surface area contributed by atoms with E-state index in [0.717, 1.165) is 37.7 Å². The van der Waals surface area contributed by atoms with Gasteiger partial charge in [-0.05, 0) is 38.0 Å². The topological polar surface area (TPSA) is 39.1 Å². The summed E-state index contributed by atoms with van der Waals surface area (Å²) in [7, 11) is 2.00. The summed E-state index contributed by atoms with van der Waals surface area (Å²) in [4.78, 5) is 2.42. The van der Waals surface area contributed by atoms with Gasteiger partial charge in [0.1, 0.15) is 0 Å². The lowest BCUT2D eigenvalue weighted by Crippen LogP contribution is -2.28. The summed E-state index contributed by atoms with van der Waals surface area (Å²) in [5, 5.41) is 12.6. The van der Waals surface area contributed by atoms with Gasteiger partial charge in [0.25, 0.3) is 0 Å². The molecule has 3 nitrogen and oxygen atoms in total. The van der Waals surface area contributed by atoms with Gasteiger partial charge in [0, 0.05) is 13.1 Å². The Hall–Kier alpha value is -1.37. The van der Waals surface area contributed by atoms with E-state index >= 15 is 0 Å². The maximum atomic E-state index is 9.32. The van der Waals surface area contributed by atoms with Crippen LogP contribution in [0.25, 0.3) is 0 Å². The Kier molecular flexibility index (Phi) is 4.74. The van der Waals surface area contributed by atoms with E-state index in [2.05, 4.69) is 28.4 Å². The predicted molar refractivity (Wildman–Crippen MR) is 73.3 cm³/mol. The van der Waals surface area contributed by atoms with Gasteiger partial charge in [-0.1, -0.05) is 30.3 Å². The van der Waals surface area contributed by atoms with Crippen molar-refractivity contribution in [2.24, 2.45) is 5.92 Å². The molecule has 0 saturated carbocycles. The van der Waals surface area contributed by atoms with Crippen LogP contribution in [0, 0.1) is 17.2 Å². The number of likely N-dealkylation sites (tertiary alicyclic amines) is 1. The van der Waals surface area contributed by atoms with Crippen molar-refractivity contribution in [2.45, 2.75) is 12.3 Å². The van der Waals surface area contributed by atoms with Crippen LogP contribution in [0.3, 0.4) is 0 Å². The third kappa shape index (κ3) is 3.32. The molecule has 0 spiro atoms. The van der Waals surface area contributed by atoms with Gasteiger partial charge in [0.15, 0.2) is 0 Å². The van der Waals surface area contributed by atoms with Gasteiger partial charge in [0.2, 0.25) is 0 Å². The number of nitriles is 1. The molecule has 2 atom stereocenters. The molecule has 0 aliphatic carbocycles. The summed E-state index contributed by atoms with van der Waals surface area (Å²) in [6, 6.07) is 12.5.